The van der Waals surface area contributed by atoms with Crippen LogP contribution in [0.25, 0.3) is 0 Å². The van der Waals surface area contributed by atoms with Gasteiger partial charge in [-0.05, 0) is 31.1 Å². The lowest BCUT2D eigenvalue weighted by atomic mass is 9.78. The molecule has 3 rings (SSSR count). The number of hydrogen-bond donors (Lipinski definition) is 2. The van der Waals surface area contributed by atoms with E-state index in [4.69, 9.17) is 0 Å². The maximum absolute atomic E-state index is 12.7. The molecule has 0 aromatic rings. The van der Waals surface area contributed by atoms with Gasteiger partial charge in [0.15, 0.2) is 0 Å². The van der Waals surface area contributed by atoms with E-state index in [1.54, 1.807) is 0 Å². The van der Waals surface area contributed by atoms with Crippen molar-refractivity contribution in [2.75, 3.05) is 6.54 Å². The number of nitrogens with one attached hydrogen (secondary N) is 2. The summed E-state index contributed by atoms with van der Waals surface area (Å²) >= 11 is 0. The highest BCUT2D eigenvalue weighted by Crippen LogP contribution is 2.33. The summed E-state index contributed by atoms with van der Waals surface area (Å²) in [6.45, 7) is 4.22. The van der Waals surface area contributed by atoms with Crippen LogP contribution in [0, 0.1) is 11.8 Å². The van der Waals surface area contributed by atoms with Gasteiger partial charge in [-0.3, -0.25) is 14.5 Å². The summed E-state index contributed by atoms with van der Waals surface area (Å²) < 4.78 is 0. The molecule has 2 saturated carbocycles. The first-order valence-electron chi connectivity index (χ1n) is 9.36. The third-order valence-electron chi connectivity index (χ3n) is 6.31. The van der Waals surface area contributed by atoms with Gasteiger partial charge in [0.25, 0.3) is 5.91 Å². The Labute approximate surface area is 143 Å². The van der Waals surface area contributed by atoms with Gasteiger partial charge >= 0.3 is 6.03 Å². The summed E-state index contributed by atoms with van der Waals surface area (Å²) in [4.78, 5) is 38.4. The van der Waals surface area contributed by atoms with E-state index in [-0.39, 0.29) is 24.4 Å². The molecular weight excluding hydrogens is 306 g/mol. The molecular formula is C18H29N3O3. The Morgan fingerprint density at radius 1 is 1.17 bits per heavy atom. The number of imide groups is 1. The van der Waals surface area contributed by atoms with E-state index in [1.165, 1.54) is 6.42 Å². The van der Waals surface area contributed by atoms with Crippen LogP contribution >= 0.6 is 0 Å². The van der Waals surface area contributed by atoms with Gasteiger partial charge in [-0.2, -0.15) is 0 Å². The van der Waals surface area contributed by atoms with Crippen molar-refractivity contribution in [3.63, 3.8) is 0 Å². The van der Waals surface area contributed by atoms with Gasteiger partial charge in [-0.25, -0.2) is 4.79 Å². The van der Waals surface area contributed by atoms with Crippen LogP contribution in [0.15, 0.2) is 0 Å². The minimum Gasteiger partial charge on any atom is -0.352 e. The number of hydrogen-bond acceptors (Lipinski definition) is 3. The molecule has 0 aromatic heterocycles. The maximum Gasteiger partial charge on any atom is 0.325 e. The summed E-state index contributed by atoms with van der Waals surface area (Å²) in [5.41, 5.74) is -0.748. The largest absolute Gasteiger partial charge is 0.352 e. The zero-order valence-corrected chi connectivity index (χ0v) is 14.8. The molecule has 6 heteroatoms. The number of nitrogens with zero attached hydrogens (tertiary/aromatic N) is 1. The smallest absolute Gasteiger partial charge is 0.325 e. The van der Waals surface area contributed by atoms with Crippen LogP contribution in [-0.4, -0.2) is 40.9 Å². The van der Waals surface area contributed by atoms with Crippen molar-refractivity contribution in [3.05, 3.63) is 0 Å². The van der Waals surface area contributed by atoms with Crippen LogP contribution in [0.2, 0.25) is 0 Å². The highest BCUT2D eigenvalue weighted by atomic mass is 16.2. The molecule has 3 atom stereocenters. The van der Waals surface area contributed by atoms with E-state index in [0.29, 0.717) is 24.7 Å². The van der Waals surface area contributed by atoms with Crippen LogP contribution in [-0.2, 0) is 9.59 Å². The zero-order chi connectivity index (χ0) is 17.3. The molecule has 0 radical (unpaired) electrons. The second-order valence-corrected chi connectivity index (χ2v) is 7.91. The van der Waals surface area contributed by atoms with Crippen molar-refractivity contribution < 1.29 is 14.4 Å². The second kappa shape index (κ2) is 6.73. The van der Waals surface area contributed by atoms with Gasteiger partial charge < -0.3 is 10.6 Å². The first-order chi connectivity index (χ1) is 11.4. The average Bonchev–Trinajstić information content (AvgIpc) is 2.77. The molecule has 1 heterocycles. The molecule has 6 nitrogen and oxygen atoms in total. The molecule has 134 valence electrons. The van der Waals surface area contributed by atoms with E-state index in [1.807, 2.05) is 0 Å². The zero-order valence-electron chi connectivity index (χ0n) is 14.8. The molecule has 1 saturated heterocycles. The molecule has 0 bridgehead atoms. The van der Waals surface area contributed by atoms with Gasteiger partial charge in [-0.1, -0.05) is 46.0 Å². The van der Waals surface area contributed by atoms with Crippen molar-refractivity contribution in [2.45, 2.75) is 76.8 Å². The fourth-order valence-electron chi connectivity index (χ4n) is 4.50. The SMILES string of the molecule is CC1CCCC(NC(=O)CN2C(=O)NC3(CCCCC3)C2=O)C1C. The van der Waals surface area contributed by atoms with Crippen molar-refractivity contribution >= 4 is 17.8 Å². The first-order valence-corrected chi connectivity index (χ1v) is 9.36. The molecule has 1 spiro atoms. The molecule has 3 unspecified atom stereocenters. The van der Waals surface area contributed by atoms with Gasteiger partial charge in [0.1, 0.15) is 12.1 Å². The Morgan fingerprint density at radius 2 is 1.88 bits per heavy atom. The number of rotatable bonds is 3. The van der Waals surface area contributed by atoms with E-state index < -0.39 is 11.6 Å². The van der Waals surface area contributed by atoms with Gasteiger partial charge in [0.2, 0.25) is 5.91 Å². The Hall–Kier alpha value is -1.59. The molecule has 1 aliphatic heterocycles. The minimum absolute atomic E-state index is 0.144. The summed E-state index contributed by atoms with van der Waals surface area (Å²) in [5.74, 6) is 0.575. The summed E-state index contributed by atoms with van der Waals surface area (Å²) in [7, 11) is 0. The monoisotopic (exact) mass is 335 g/mol. The van der Waals surface area contributed by atoms with Crippen molar-refractivity contribution in [3.8, 4) is 0 Å². The van der Waals surface area contributed by atoms with Crippen molar-refractivity contribution in [2.24, 2.45) is 11.8 Å². The first kappa shape index (κ1) is 17.2. The molecule has 0 aromatic carbocycles. The normalized spacial score (nSPS) is 32.8. The Kier molecular flexibility index (Phi) is 4.83. The third kappa shape index (κ3) is 3.15. The standard InChI is InChI=1S/C18H29N3O3/c1-12-7-6-8-14(13(12)2)19-15(22)11-21-16(23)18(20-17(21)24)9-4-3-5-10-18/h12-14H,3-11H2,1-2H3,(H,19,22)(H,20,24). The molecule has 2 N–H and O–H groups in total. The topological polar surface area (TPSA) is 78.5 Å². The maximum atomic E-state index is 12.7. The average molecular weight is 335 g/mol. The Morgan fingerprint density at radius 3 is 2.58 bits per heavy atom. The second-order valence-electron chi connectivity index (χ2n) is 7.91. The third-order valence-corrected chi connectivity index (χ3v) is 6.31. The van der Waals surface area contributed by atoms with Gasteiger partial charge in [0.05, 0.1) is 0 Å². The lowest BCUT2D eigenvalue weighted by Crippen LogP contribution is -2.50. The van der Waals surface area contributed by atoms with Crippen LogP contribution in [0.4, 0.5) is 4.79 Å². The lowest BCUT2D eigenvalue weighted by Gasteiger charge is -2.35. The summed E-state index contributed by atoms with van der Waals surface area (Å²) in [6, 6.07) is -0.271. The van der Waals surface area contributed by atoms with Crippen molar-refractivity contribution in [1.82, 2.24) is 15.5 Å². The highest BCUT2D eigenvalue weighted by Gasteiger charge is 2.51. The Balaban J connectivity index is 1.60. The van der Waals surface area contributed by atoms with Crippen LogP contribution in [0.3, 0.4) is 0 Å². The van der Waals surface area contributed by atoms with Crippen LogP contribution in [0.5, 0.6) is 0 Å². The van der Waals surface area contributed by atoms with E-state index in [9.17, 15) is 14.4 Å². The van der Waals surface area contributed by atoms with E-state index in [0.717, 1.165) is 37.0 Å². The minimum atomic E-state index is -0.748. The van der Waals surface area contributed by atoms with Crippen molar-refractivity contribution in [1.29, 1.82) is 0 Å². The fourth-order valence-corrected chi connectivity index (χ4v) is 4.50. The Bertz CT molecular complexity index is 528. The molecule has 3 aliphatic rings. The molecule has 3 fully saturated rings. The fraction of sp³-hybridized carbons (Fsp3) is 0.833. The van der Waals surface area contributed by atoms with Crippen LogP contribution in [0.1, 0.15) is 65.2 Å². The van der Waals surface area contributed by atoms with Gasteiger partial charge in [0, 0.05) is 6.04 Å². The predicted octanol–water partition coefficient (Wildman–Crippen LogP) is 2.18. The number of carbonyl (C=O) groups excluding carboxylic acids is 3. The summed E-state index contributed by atoms with van der Waals surface area (Å²) in [5, 5.41) is 5.90. The molecule has 24 heavy (non-hydrogen) atoms. The molecule has 4 amide bonds. The quantitative estimate of drug-likeness (QED) is 0.776. The lowest BCUT2D eigenvalue weighted by molar-refractivity contribution is -0.136. The van der Waals surface area contributed by atoms with E-state index in [2.05, 4.69) is 24.5 Å². The number of amides is 4. The molecule has 2 aliphatic carbocycles. The van der Waals surface area contributed by atoms with Gasteiger partial charge in [-0.15, -0.1) is 0 Å². The highest BCUT2D eigenvalue weighted by molar-refractivity contribution is 6.09. The number of carbonyl (C=O) groups is 3. The van der Waals surface area contributed by atoms with E-state index >= 15 is 0 Å². The predicted molar refractivity (Wildman–Crippen MR) is 90.2 cm³/mol. The summed E-state index contributed by atoms with van der Waals surface area (Å²) in [6.07, 6.45) is 7.66. The van der Waals surface area contributed by atoms with Crippen LogP contribution < -0.4 is 10.6 Å². The number of urea groups is 1.